The fourth-order valence-electron chi connectivity index (χ4n) is 2.95. The van der Waals surface area contributed by atoms with Gasteiger partial charge in [-0.15, -0.1) is 0 Å². The van der Waals surface area contributed by atoms with Crippen LogP contribution in [0.5, 0.6) is 0 Å². The standard InChI is InChI=1S/C21H18BrN3/c1-14-10-11-19-24-20(16-7-5-8-17(22)12-16)21(25(19)13-14)23-18-9-4-3-6-15(18)2/h3-13,23H,1-2H3. The SMILES string of the molecule is Cc1ccc2nc(-c3cccc(Br)c3)c(Nc3ccccc3C)n2c1. The second kappa shape index (κ2) is 6.37. The fourth-order valence-corrected chi connectivity index (χ4v) is 3.35. The van der Waals surface area contributed by atoms with E-state index in [0.717, 1.165) is 32.9 Å². The molecule has 0 aliphatic heterocycles. The molecule has 4 aromatic rings. The minimum absolute atomic E-state index is 0.927. The lowest BCUT2D eigenvalue weighted by Crippen LogP contribution is -1.99. The van der Waals surface area contributed by atoms with Crippen LogP contribution in [0.3, 0.4) is 0 Å². The molecule has 0 atom stereocenters. The smallest absolute Gasteiger partial charge is 0.143 e. The van der Waals surface area contributed by atoms with Crippen LogP contribution in [0.15, 0.2) is 71.3 Å². The van der Waals surface area contributed by atoms with Gasteiger partial charge in [-0.25, -0.2) is 4.98 Å². The summed E-state index contributed by atoms with van der Waals surface area (Å²) in [4.78, 5) is 4.87. The number of halogens is 1. The van der Waals surface area contributed by atoms with E-state index in [0.29, 0.717) is 0 Å². The van der Waals surface area contributed by atoms with Gasteiger partial charge >= 0.3 is 0 Å². The van der Waals surface area contributed by atoms with Gasteiger partial charge in [-0.05, 0) is 49.2 Å². The lowest BCUT2D eigenvalue weighted by molar-refractivity contribution is 1.15. The first kappa shape index (κ1) is 15.9. The summed E-state index contributed by atoms with van der Waals surface area (Å²) in [5.74, 6) is 0.978. The molecule has 124 valence electrons. The molecule has 0 saturated carbocycles. The Morgan fingerprint density at radius 1 is 0.960 bits per heavy atom. The largest absolute Gasteiger partial charge is 0.339 e. The normalized spacial score (nSPS) is 11.0. The van der Waals surface area contributed by atoms with Crippen LogP contribution in [0, 0.1) is 13.8 Å². The Kier molecular flexibility index (Phi) is 4.06. The van der Waals surface area contributed by atoms with Gasteiger partial charge in [0.05, 0.1) is 0 Å². The monoisotopic (exact) mass is 391 g/mol. The van der Waals surface area contributed by atoms with Crippen LogP contribution >= 0.6 is 15.9 Å². The van der Waals surface area contributed by atoms with Crippen molar-refractivity contribution < 1.29 is 0 Å². The van der Waals surface area contributed by atoms with E-state index in [1.165, 1.54) is 11.1 Å². The van der Waals surface area contributed by atoms with Gasteiger partial charge in [-0.3, -0.25) is 4.40 Å². The van der Waals surface area contributed by atoms with Gasteiger partial charge < -0.3 is 5.32 Å². The molecule has 0 fully saturated rings. The van der Waals surface area contributed by atoms with E-state index in [2.05, 4.69) is 82.1 Å². The second-order valence-corrected chi connectivity index (χ2v) is 7.11. The molecule has 0 aliphatic carbocycles. The molecule has 2 aromatic carbocycles. The number of para-hydroxylation sites is 1. The van der Waals surface area contributed by atoms with E-state index >= 15 is 0 Å². The quantitative estimate of drug-likeness (QED) is 0.455. The molecule has 0 aliphatic rings. The van der Waals surface area contributed by atoms with Crippen molar-refractivity contribution in [3.8, 4) is 11.3 Å². The maximum atomic E-state index is 4.87. The number of benzene rings is 2. The van der Waals surface area contributed by atoms with Crippen LogP contribution in [-0.4, -0.2) is 9.38 Å². The summed E-state index contributed by atoms with van der Waals surface area (Å²) in [6.45, 7) is 4.20. The average molecular weight is 392 g/mol. The highest BCUT2D eigenvalue weighted by Gasteiger charge is 2.15. The van der Waals surface area contributed by atoms with Crippen LogP contribution in [-0.2, 0) is 0 Å². The summed E-state index contributed by atoms with van der Waals surface area (Å²) < 4.78 is 3.16. The van der Waals surface area contributed by atoms with Gasteiger partial charge in [0.2, 0.25) is 0 Å². The van der Waals surface area contributed by atoms with Crippen LogP contribution < -0.4 is 5.32 Å². The first-order valence-electron chi connectivity index (χ1n) is 8.19. The Morgan fingerprint density at radius 2 is 1.80 bits per heavy atom. The Hall–Kier alpha value is -2.59. The molecular weight excluding hydrogens is 374 g/mol. The molecule has 25 heavy (non-hydrogen) atoms. The zero-order chi connectivity index (χ0) is 17.4. The predicted octanol–water partition coefficient (Wildman–Crippen LogP) is 6.12. The highest BCUT2D eigenvalue weighted by Crippen LogP contribution is 2.33. The number of aryl methyl sites for hydroxylation is 2. The minimum atomic E-state index is 0.927. The number of hydrogen-bond acceptors (Lipinski definition) is 2. The number of rotatable bonds is 3. The number of hydrogen-bond donors (Lipinski definition) is 1. The van der Waals surface area contributed by atoms with Crippen molar-refractivity contribution in [2.75, 3.05) is 5.32 Å². The van der Waals surface area contributed by atoms with Crippen molar-refractivity contribution in [3.63, 3.8) is 0 Å². The van der Waals surface area contributed by atoms with Gasteiger partial charge in [0.15, 0.2) is 0 Å². The summed E-state index contributed by atoms with van der Waals surface area (Å²) in [6.07, 6.45) is 2.12. The number of imidazole rings is 1. The lowest BCUT2D eigenvalue weighted by atomic mass is 10.1. The Morgan fingerprint density at radius 3 is 2.60 bits per heavy atom. The molecule has 0 spiro atoms. The molecular formula is C21H18BrN3. The predicted molar refractivity (Wildman–Crippen MR) is 108 cm³/mol. The number of anilines is 2. The number of pyridine rings is 1. The molecule has 4 heteroatoms. The second-order valence-electron chi connectivity index (χ2n) is 6.19. The summed E-state index contributed by atoms with van der Waals surface area (Å²) in [5.41, 5.74) is 6.42. The third-order valence-electron chi connectivity index (χ3n) is 4.26. The highest BCUT2D eigenvalue weighted by atomic mass is 79.9. The van der Waals surface area contributed by atoms with Crippen molar-refractivity contribution in [2.45, 2.75) is 13.8 Å². The van der Waals surface area contributed by atoms with Crippen LogP contribution in [0.4, 0.5) is 11.5 Å². The third kappa shape index (κ3) is 3.05. The van der Waals surface area contributed by atoms with Crippen molar-refractivity contribution in [3.05, 3.63) is 82.5 Å². The summed E-state index contributed by atoms with van der Waals surface area (Å²) in [5, 5.41) is 3.59. The molecule has 0 saturated heterocycles. The van der Waals surface area contributed by atoms with Crippen LogP contribution in [0.1, 0.15) is 11.1 Å². The number of nitrogens with one attached hydrogen (secondary N) is 1. The molecule has 2 heterocycles. The molecule has 4 rings (SSSR count). The first-order valence-corrected chi connectivity index (χ1v) is 8.98. The number of fused-ring (bicyclic) bond motifs is 1. The minimum Gasteiger partial charge on any atom is -0.339 e. The lowest BCUT2D eigenvalue weighted by Gasteiger charge is -2.11. The van der Waals surface area contributed by atoms with E-state index < -0.39 is 0 Å². The zero-order valence-electron chi connectivity index (χ0n) is 14.1. The molecule has 3 nitrogen and oxygen atoms in total. The third-order valence-corrected chi connectivity index (χ3v) is 4.76. The fraction of sp³-hybridized carbons (Fsp3) is 0.0952. The Labute approximate surface area is 155 Å². The van der Waals surface area contributed by atoms with E-state index in [1.807, 2.05) is 24.3 Å². The summed E-state index contributed by atoms with van der Waals surface area (Å²) >= 11 is 3.56. The van der Waals surface area contributed by atoms with Gasteiger partial charge in [-0.1, -0.05) is 52.3 Å². The van der Waals surface area contributed by atoms with E-state index in [-0.39, 0.29) is 0 Å². The molecule has 0 amide bonds. The van der Waals surface area contributed by atoms with Crippen molar-refractivity contribution in [2.24, 2.45) is 0 Å². The molecule has 0 bridgehead atoms. The summed E-state index contributed by atoms with van der Waals surface area (Å²) in [6, 6.07) is 20.7. The van der Waals surface area contributed by atoms with E-state index in [4.69, 9.17) is 4.98 Å². The molecule has 0 radical (unpaired) electrons. The van der Waals surface area contributed by atoms with E-state index in [9.17, 15) is 0 Å². The van der Waals surface area contributed by atoms with Gasteiger partial charge in [0.1, 0.15) is 17.2 Å². The van der Waals surface area contributed by atoms with Crippen molar-refractivity contribution in [1.82, 2.24) is 9.38 Å². The first-order chi connectivity index (χ1) is 12.1. The molecule has 2 aromatic heterocycles. The number of aromatic nitrogens is 2. The van der Waals surface area contributed by atoms with Crippen molar-refractivity contribution >= 4 is 33.1 Å². The molecule has 1 N–H and O–H groups in total. The molecule has 0 unspecified atom stereocenters. The van der Waals surface area contributed by atoms with Crippen LogP contribution in [0.2, 0.25) is 0 Å². The Balaban J connectivity index is 1.94. The van der Waals surface area contributed by atoms with Gasteiger partial charge in [0, 0.05) is 21.9 Å². The zero-order valence-corrected chi connectivity index (χ0v) is 15.7. The summed E-state index contributed by atoms with van der Waals surface area (Å²) in [7, 11) is 0. The maximum absolute atomic E-state index is 4.87. The van der Waals surface area contributed by atoms with E-state index in [1.54, 1.807) is 0 Å². The maximum Gasteiger partial charge on any atom is 0.143 e. The topological polar surface area (TPSA) is 29.3 Å². The van der Waals surface area contributed by atoms with Gasteiger partial charge in [0.25, 0.3) is 0 Å². The van der Waals surface area contributed by atoms with Gasteiger partial charge in [-0.2, -0.15) is 0 Å². The average Bonchev–Trinajstić information content (AvgIpc) is 2.95. The number of nitrogens with zero attached hydrogens (tertiary/aromatic N) is 2. The highest BCUT2D eigenvalue weighted by molar-refractivity contribution is 9.10. The van der Waals surface area contributed by atoms with Crippen molar-refractivity contribution in [1.29, 1.82) is 0 Å². The Bertz CT molecular complexity index is 1070. The van der Waals surface area contributed by atoms with Crippen LogP contribution in [0.25, 0.3) is 16.9 Å².